The van der Waals surface area contributed by atoms with Crippen molar-refractivity contribution in [1.82, 2.24) is 5.32 Å². The monoisotopic (exact) mass is 344 g/mol. The second-order valence-corrected chi connectivity index (χ2v) is 7.43. The van der Waals surface area contributed by atoms with Crippen LogP contribution in [0.3, 0.4) is 0 Å². The zero-order valence-electron chi connectivity index (χ0n) is 15.4. The Morgan fingerprint density at radius 3 is 2.60 bits per heavy atom. The van der Waals surface area contributed by atoms with Gasteiger partial charge >= 0.3 is 7.12 Å². The molecule has 1 amide bonds. The number of amides is 1. The SMILES string of the molecule is CNCC(=Cc1ccc2c(c1)NC(=O)CO2)B1OC(C)(C)C(C)(C)O1. The normalized spacial score (nSPS) is 21.6. The minimum atomic E-state index is -0.417. The van der Waals surface area contributed by atoms with Gasteiger partial charge in [0.05, 0.1) is 16.9 Å². The van der Waals surface area contributed by atoms with Crippen molar-refractivity contribution in [3.63, 3.8) is 0 Å². The average molecular weight is 344 g/mol. The zero-order chi connectivity index (χ0) is 18.2. The van der Waals surface area contributed by atoms with Gasteiger partial charge in [0.1, 0.15) is 5.75 Å². The van der Waals surface area contributed by atoms with Gasteiger partial charge in [-0.1, -0.05) is 12.1 Å². The third-order valence-electron chi connectivity index (χ3n) is 4.93. The molecule has 0 spiro atoms. The summed E-state index contributed by atoms with van der Waals surface area (Å²) in [7, 11) is 1.47. The van der Waals surface area contributed by atoms with Crippen LogP contribution in [-0.4, -0.2) is 44.4 Å². The molecule has 1 fully saturated rings. The van der Waals surface area contributed by atoms with Gasteiger partial charge < -0.3 is 24.7 Å². The van der Waals surface area contributed by atoms with Crippen LogP contribution in [-0.2, 0) is 14.1 Å². The third-order valence-corrected chi connectivity index (χ3v) is 4.93. The number of ether oxygens (including phenoxy) is 1. The summed E-state index contributed by atoms with van der Waals surface area (Å²) in [6.07, 6.45) is 2.03. The molecule has 2 aliphatic heterocycles. The number of nitrogens with one attached hydrogen (secondary N) is 2. The molecule has 0 bridgehead atoms. The van der Waals surface area contributed by atoms with Crippen molar-refractivity contribution in [2.24, 2.45) is 0 Å². The number of anilines is 1. The highest BCUT2D eigenvalue weighted by atomic mass is 16.7. The van der Waals surface area contributed by atoms with Crippen molar-refractivity contribution >= 4 is 24.8 Å². The van der Waals surface area contributed by atoms with Gasteiger partial charge in [-0.3, -0.25) is 4.79 Å². The first-order valence-corrected chi connectivity index (χ1v) is 8.49. The van der Waals surface area contributed by atoms with Gasteiger partial charge in [0.2, 0.25) is 0 Å². The molecule has 0 unspecified atom stereocenters. The second kappa shape index (κ2) is 6.48. The second-order valence-electron chi connectivity index (χ2n) is 7.43. The maximum absolute atomic E-state index is 11.5. The van der Waals surface area contributed by atoms with E-state index in [0.29, 0.717) is 18.0 Å². The molecule has 1 aromatic rings. The Kier molecular flexibility index (Phi) is 4.66. The number of likely N-dealkylation sites (N-methyl/N-ethyl adjacent to an activating group) is 1. The van der Waals surface area contributed by atoms with Gasteiger partial charge in [0.25, 0.3) is 5.91 Å². The van der Waals surface area contributed by atoms with Crippen LogP contribution in [0.5, 0.6) is 5.75 Å². The molecule has 7 heteroatoms. The first-order chi connectivity index (χ1) is 11.7. The molecule has 25 heavy (non-hydrogen) atoms. The molecule has 3 rings (SSSR count). The van der Waals surface area contributed by atoms with Crippen LogP contribution < -0.4 is 15.4 Å². The van der Waals surface area contributed by atoms with Crippen LogP contribution in [0, 0.1) is 0 Å². The number of rotatable bonds is 4. The fourth-order valence-electron chi connectivity index (χ4n) is 2.81. The van der Waals surface area contributed by atoms with E-state index in [9.17, 15) is 4.79 Å². The minimum Gasteiger partial charge on any atom is -0.482 e. The Labute approximate surface area is 149 Å². The fourth-order valence-corrected chi connectivity index (χ4v) is 2.81. The highest BCUT2D eigenvalue weighted by molar-refractivity contribution is 6.55. The molecule has 1 aromatic carbocycles. The first kappa shape index (κ1) is 18.0. The number of carbonyl (C=O) groups excluding carboxylic acids is 1. The van der Waals surface area contributed by atoms with E-state index in [2.05, 4.69) is 10.6 Å². The number of hydrogen-bond donors (Lipinski definition) is 2. The maximum atomic E-state index is 11.5. The Balaban J connectivity index is 1.89. The molecule has 1 saturated heterocycles. The molecule has 0 aromatic heterocycles. The predicted molar refractivity (Wildman–Crippen MR) is 98.6 cm³/mol. The van der Waals surface area contributed by atoms with Crippen molar-refractivity contribution < 1.29 is 18.8 Å². The fraction of sp³-hybridized carbons (Fsp3) is 0.500. The lowest BCUT2D eigenvalue weighted by molar-refractivity contribution is -0.118. The lowest BCUT2D eigenvalue weighted by Gasteiger charge is -2.32. The Morgan fingerprint density at radius 2 is 1.96 bits per heavy atom. The summed E-state index contributed by atoms with van der Waals surface area (Å²) in [6.45, 7) is 8.84. The summed E-state index contributed by atoms with van der Waals surface area (Å²) >= 11 is 0. The van der Waals surface area contributed by atoms with Crippen LogP contribution >= 0.6 is 0 Å². The van der Waals surface area contributed by atoms with Crippen molar-refractivity contribution in [3.05, 3.63) is 29.2 Å². The average Bonchev–Trinajstić information content (AvgIpc) is 2.74. The van der Waals surface area contributed by atoms with Gasteiger partial charge in [-0.05, 0) is 57.9 Å². The number of benzene rings is 1. The maximum Gasteiger partial charge on any atom is 0.491 e. The highest BCUT2D eigenvalue weighted by Crippen LogP contribution is 2.39. The summed E-state index contributed by atoms with van der Waals surface area (Å²) < 4.78 is 17.7. The van der Waals surface area contributed by atoms with E-state index in [1.165, 1.54) is 0 Å². The topological polar surface area (TPSA) is 68.8 Å². The van der Waals surface area contributed by atoms with E-state index in [4.69, 9.17) is 14.0 Å². The van der Waals surface area contributed by atoms with Crippen LogP contribution in [0.1, 0.15) is 33.3 Å². The summed E-state index contributed by atoms with van der Waals surface area (Å²) in [5, 5.41) is 6.00. The molecule has 2 N–H and O–H groups in total. The minimum absolute atomic E-state index is 0.0567. The molecule has 0 aliphatic carbocycles. The molecular weight excluding hydrogens is 319 g/mol. The number of hydrogen-bond acceptors (Lipinski definition) is 5. The molecule has 0 radical (unpaired) electrons. The van der Waals surface area contributed by atoms with Crippen molar-refractivity contribution in [1.29, 1.82) is 0 Å². The molecule has 0 saturated carbocycles. The predicted octanol–water partition coefficient (Wildman–Crippen LogP) is 2.25. The highest BCUT2D eigenvalue weighted by Gasteiger charge is 2.52. The first-order valence-electron chi connectivity index (χ1n) is 8.49. The van der Waals surface area contributed by atoms with Crippen molar-refractivity contribution in [2.45, 2.75) is 38.9 Å². The largest absolute Gasteiger partial charge is 0.491 e. The van der Waals surface area contributed by atoms with Crippen molar-refractivity contribution in [2.75, 3.05) is 25.5 Å². The van der Waals surface area contributed by atoms with Crippen molar-refractivity contribution in [3.8, 4) is 5.75 Å². The molecule has 6 nitrogen and oxygen atoms in total. The Hall–Kier alpha value is -1.83. The van der Waals surface area contributed by atoms with Gasteiger partial charge in [-0.25, -0.2) is 0 Å². The molecular formula is C18H25BN2O4. The van der Waals surface area contributed by atoms with E-state index in [0.717, 1.165) is 11.0 Å². The molecule has 2 heterocycles. The number of carbonyl (C=O) groups is 1. The van der Waals surface area contributed by atoms with E-state index in [1.807, 2.05) is 59.0 Å². The van der Waals surface area contributed by atoms with E-state index in [1.54, 1.807) is 0 Å². The van der Waals surface area contributed by atoms with Gasteiger partial charge in [-0.15, -0.1) is 0 Å². The van der Waals surface area contributed by atoms with E-state index < -0.39 is 7.12 Å². The summed E-state index contributed by atoms with van der Waals surface area (Å²) in [5.74, 6) is 0.539. The smallest absolute Gasteiger partial charge is 0.482 e. The van der Waals surface area contributed by atoms with Crippen LogP contribution in [0.4, 0.5) is 5.69 Å². The van der Waals surface area contributed by atoms with E-state index >= 15 is 0 Å². The summed E-state index contributed by atoms with van der Waals surface area (Å²) in [4.78, 5) is 11.5. The van der Waals surface area contributed by atoms with Gasteiger partial charge in [0, 0.05) is 6.54 Å². The molecule has 2 aliphatic rings. The van der Waals surface area contributed by atoms with Crippen LogP contribution in [0.2, 0.25) is 0 Å². The van der Waals surface area contributed by atoms with E-state index in [-0.39, 0.29) is 23.7 Å². The van der Waals surface area contributed by atoms with Crippen LogP contribution in [0.15, 0.2) is 23.7 Å². The molecule has 0 atom stereocenters. The quantitative estimate of drug-likeness (QED) is 0.820. The van der Waals surface area contributed by atoms with Gasteiger partial charge in [0.15, 0.2) is 6.61 Å². The summed E-state index contributed by atoms with van der Waals surface area (Å²) in [5.41, 5.74) is 1.85. The number of fused-ring (bicyclic) bond motifs is 1. The Bertz CT molecular complexity index is 699. The molecule has 134 valence electrons. The lowest BCUT2D eigenvalue weighted by Crippen LogP contribution is -2.41. The van der Waals surface area contributed by atoms with Crippen LogP contribution in [0.25, 0.3) is 6.08 Å². The lowest BCUT2D eigenvalue weighted by atomic mass is 9.77. The Morgan fingerprint density at radius 1 is 1.28 bits per heavy atom. The zero-order valence-corrected chi connectivity index (χ0v) is 15.4. The third kappa shape index (κ3) is 3.59. The summed E-state index contributed by atoms with van der Waals surface area (Å²) in [6, 6.07) is 5.71. The standard InChI is InChI=1S/C18H25BN2O4/c1-17(2)18(3,4)25-19(24-17)13(10-20-5)8-12-6-7-15-14(9-12)21-16(22)11-23-15/h6-9,20H,10-11H2,1-5H3,(H,21,22). The van der Waals surface area contributed by atoms with Gasteiger partial charge in [-0.2, -0.15) is 0 Å².